The lowest BCUT2D eigenvalue weighted by Gasteiger charge is -2.06. The molecule has 0 atom stereocenters. The molecule has 8 heteroatoms. The molecule has 0 spiro atoms. The van der Waals surface area contributed by atoms with Crippen molar-refractivity contribution in [2.24, 2.45) is 0 Å². The number of rotatable bonds is 5. The quantitative estimate of drug-likeness (QED) is 0.757. The number of hydrogen-bond donors (Lipinski definition) is 1. The third-order valence-corrected chi connectivity index (χ3v) is 5.57. The van der Waals surface area contributed by atoms with Crippen molar-refractivity contribution in [1.82, 2.24) is 10.2 Å². The molecule has 24 heavy (non-hydrogen) atoms. The number of carbonyl (C=O) groups excluding carboxylic acids is 1. The van der Waals surface area contributed by atoms with Gasteiger partial charge < -0.3 is 0 Å². The van der Waals surface area contributed by atoms with E-state index in [1.807, 2.05) is 0 Å². The molecule has 0 saturated heterocycles. The topological polar surface area (TPSA) is 89.0 Å². The molecule has 1 amide bonds. The van der Waals surface area contributed by atoms with Gasteiger partial charge in [0, 0.05) is 5.56 Å². The number of sulfone groups is 1. The van der Waals surface area contributed by atoms with Gasteiger partial charge in [0.2, 0.25) is 5.13 Å². The van der Waals surface area contributed by atoms with E-state index >= 15 is 0 Å². The van der Waals surface area contributed by atoms with E-state index in [2.05, 4.69) is 15.5 Å². The molecule has 0 aliphatic heterocycles. The molecule has 0 aliphatic carbocycles. The fourth-order valence-corrected chi connectivity index (χ4v) is 3.89. The molecule has 3 aromatic rings. The van der Waals surface area contributed by atoms with Crippen molar-refractivity contribution in [3.8, 4) is 0 Å². The van der Waals surface area contributed by atoms with Crippen LogP contribution in [0.1, 0.15) is 15.9 Å². The number of hydrogen-bond acceptors (Lipinski definition) is 6. The molecule has 1 N–H and O–H groups in total. The van der Waals surface area contributed by atoms with E-state index in [0.717, 1.165) is 0 Å². The van der Waals surface area contributed by atoms with Crippen LogP contribution in [-0.2, 0) is 15.6 Å². The van der Waals surface area contributed by atoms with Gasteiger partial charge in [-0.2, -0.15) is 0 Å². The molecule has 0 fully saturated rings. The van der Waals surface area contributed by atoms with Gasteiger partial charge in [0.05, 0.1) is 10.6 Å². The van der Waals surface area contributed by atoms with E-state index < -0.39 is 9.84 Å². The minimum Gasteiger partial charge on any atom is -0.296 e. The van der Waals surface area contributed by atoms with Gasteiger partial charge >= 0.3 is 0 Å². The zero-order valence-electron chi connectivity index (χ0n) is 12.4. The number of carbonyl (C=O) groups is 1. The molecule has 2 aromatic carbocycles. The third kappa shape index (κ3) is 3.84. The van der Waals surface area contributed by atoms with E-state index in [1.54, 1.807) is 54.6 Å². The van der Waals surface area contributed by atoms with Crippen LogP contribution in [0, 0.1) is 0 Å². The average molecular weight is 359 g/mol. The molecule has 0 aliphatic rings. The minimum absolute atomic E-state index is 0.116. The molecule has 0 unspecified atom stereocenters. The van der Waals surface area contributed by atoms with Crippen LogP contribution in [0.5, 0.6) is 0 Å². The summed E-state index contributed by atoms with van der Waals surface area (Å²) in [5.41, 5.74) is 2.56. The Kier molecular flexibility index (Phi) is 4.68. The highest BCUT2D eigenvalue weighted by molar-refractivity contribution is 7.90. The molecule has 122 valence electrons. The zero-order valence-corrected chi connectivity index (χ0v) is 14.0. The van der Waals surface area contributed by atoms with Crippen molar-refractivity contribution in [3.63, 3.8) is 0 Å². The van der Waals surface area contributed by atoms with Gasteiger partial charge in [-0.3, -0.25) is 10.1 Å². The van der Waals surface area contributed by atoms with Crippen LogP contribution >= 0.6 is 11.3 Å². The molecule has 0 saturated carbocycles. The molecule has 3 rings (SSSR count). The highest BCUT2D eigenvalue weighted by atomic mass is 32.2. The fraction of sp³-hybridized carbons (Fsp3) is 0.0625. The largest absolute Gasteiger partial charge is 0.296 e. The van der Waals surface area contributed by atoms with Crippen LogP contribution in [0.3, 0.4) is 0 Å². The summed E-state index contributed by atoms with van der Waals surface area (Å²) < 4.78 is 24.7. The van der Waals surface area contributed by atoms with Gasteiger partial charge in [-0.1, -0.05) is 41.7 Å². The van der Waals surface area contributed by atoms with Crippen molar-refractivity contribution < 1.29 is 13.2 Å². The molecule has 1 aromatic heterocycles. The van der Waals surface area contributed by atoms with Gasteiger partial charge in [0.25, 0.3) is 5.91 Å². The molecule has 1 heterocycles. The third-order valence-electron chi connectivity index (χ3n) is 3.26. The highest BCUT2D eigenvalue weighted by Crippen LogP contribution is 2.17. The van der Waals surface area contributed by atoms with Gasteiger partial charge in [-0.15, -0.1) is 10.2 Å². The Balaban J connectivity index is 1.72. The minimum atomic E-state index is -3.40. The van der Waals surface area contributed by atoms with Crippen LogP contribution in [-0.4, -0.2) is 24.5 Å². The lowest BCUT2D eigenvalue weighted by Crippen LogP contribution is -2.12. The summed E-state index contributed by atoms with van der Waals surface area (Å²) in [6.45, 7) is 0. The Hall–Kier alpha value is -2.58. The van der Waals surface area contributed by atoms with Crippen LogP contribution in [0.25, 0.3) is 0 Å². The fourth-order valence-electron chi connectivity index (χ4n) is 2.08. The summed E-state index contributed by atoms with van der Waals surface area (Å²) in [7, 11) is -3.40. The SMILES string of the molecule is O=C(Nc1nncs1)c1ccc(CS(=O)(=O)c2ccccc2)cc1. The normalized spacial score (nSPS) is 11.2. The summed E-state index contributed by atoms with van der Waals surface area (Å²) in [5.74, 6) is -0.431. The first-order valence-corrected chi connectivity index (χ1v) is 9.52. The predicted molar refractivity (Wildman–Crippen MR) is 91.6 cm³/mol. The van der Waals surface area contributed by atoms with Crippen molar-refractivity contribution >= 4 is 32.2 Å². The summed E-state index contributed by atoms with van der Waals surface area (Å²) >= 11 is 1.22. The number of anilines is 1. The molecule has 6 nitrogen and oxygen atoms in total. The standard InChI is InChI=1S/C16H13N3O3S2/c20-15(18-16-19-17-11-23-16)13-8-6-12(7-9-13)10-24(21,22)14-4-2-1-3-5-14/h1-9,11H,10H2,(H,18,19,20). The van der Waals surface area contributed by atoms with Crippen LogP contribution in [0.2, 0.25) is 0 Å². The molecule has 0 bridgehead atoms. The monoisotopic (exact) mass is 359 g/mol. The van der Waals surface area contributed by atoms with E-state index in [0.29, 0.717) is 16.3 Å². The van der Waals surface area contributed by atoms with Crippen molar-refractivity contribution in [1.29, 1.82) is 0 Å². The van der Waals surface area contributed by atoms with Crippen molar-refractivity contribution in [2.45, 2.75) is 10.6 Å². The molecule has 0 radical (unpaired) electrons. The molecular weight excluding hydrogens is 346 g/mol. The summed E-state index contributed by atoms with van der Waals surface area (Å²) in [5, 5.41) is 10.4. The van der Waals surface area contributed by atoms with E-state index in [9.17, 15) is 13.2 Å². The second-order valence-corrected chi connectivity index (χ2v) is 7.79. The summed E-state index contributed by atoms with van der Waals surface area (Å²) in [6.07, 6.45) is 0. The average Bonchev–Trinajstić information content (AvgIpc) is 3.09. The lowest BCUT2D eigenvalue weighted by molar-refractivity contribution is 0.102. The first-order valence-electron chi connectivity index (χ1n) is 6.99. The molecular formula is C16H13N3O3S2. The van der Waals surface area contributed by atoms with Crippen LogP contribution < -0.4 is 5.32 Å². The second-order valence-electron chi connectivity index (χ2n) is 4.97. The number of nitrogens with one attached hydrogen (secondary N) is 1. The van der Waals surface area contributed by atoms with Crippen molar-refractivity contribution in [3.05, 3.63) is 71.2 Å². The number of amides is 1. The van der Waals surface area contributed by atoms with Crippen LogP contribution in [0.15, 0.2) is 65.0 Å². The first-order chi connectivity index (χ1) is 11.5. The second kappa shape index (κ2) is 6.90. The van der Waals surface area contributed by atoms with E-state index in [1.165, 1.54) is 16.8 Å². The van der Waals surface area contributed by atoms with Gasteiger partial charge in [0.15, 0.2) is 9.84 Å². The Morgan fingerprint density at radius 1 is 1.04 bits per heavy atom. The Labute approximate surface area is 143 Å². The Morgan fingerprint density at radius 3 is 2.38 bits per heavy atom. The zero-order chi connectivity index (χ0) is 17.0. The van der Waals surface area contributed by atoms with E-state index in [-0.39, 0.29) is 16.6 Å². The Bertz CT molecular complexity index is 922. The smallest absolute Gasteiger partial charge is 0.257 e. The first kappa shape index (κ1) is 16.3. The summed E-state index contributed by atoms with van der Waals surface area (Å²) in [6, 6.07) is 14.7. The lowest BCUT2D eigenvalue weighted by atomic mass is 10.1. The number of benzene rings is 2. The predicted octanol–water partition coefficient (Wildman–Crippen LogP) is 2.76. The van der Waals surface area contributed by atoms with Gasteiger partial charge in [-0.05, 0) is 29.8 Å². The van der Waals surface area contributed by atoms with Gasteiger partial charge in [-0.25, -0.2) is 8.42 Å². The highest BCUT2D eigenvalue weighted by Gasteiger charge is 2.15. The van der Waals surface area contributed by atoms with E-state index in [4.69, 9.17) is 0 Å². The Morgan fingerprint density at radius 2 is 1.75 bits per heavy atom. The van der Waals surface area contributed by atoms with Gasteiger partial charge in [0.1, 0.15) is 5.51 Å². The maximum Gasteiger partial charge on any atom is 0.257 e. The maximum atomic E-state index is 12.3. The van der Waals surface area contributed by atoms with Crippen LogP contribution in [0.4, 0.5) is 5.13 Å². The summed E-state index contributed by atoms with van der Waals surface area (Å²) in [4.78, 5) is 12.3. The number of nitrogens with zero attached hydrogens (tertiary/aromatic N) is 2. The van der Waals surface area contributed by atoms with Crippen molar-refractivity contribution in [2.75, 3.05) is 5.32 Å². The number of aromatic nitrogens is 2. The maximum absolute atomic E-state index is 12.3.